The quantitative estimate of drug-likeness (QED) is 0.765. The van der Waals surface area contributed by atoms with Gasteiger partial charge in [0.15, 0.2) is 0 Å². The van der Waals surface area contributed by atoms with Gasteiger partial charge < -0.3 is 14.5 Å². The number of para-hydroxylation sites is 1. The van der Waals surface area contributed by atoms with Gasteiger partial charge in [0.2, 0.25) is 0 Å². The van der Waals surface area contributed by atoms with Crippen LogP contribution in [-0.2, 0) is 14.3 Å². The van der Waals surface area contributed by atoms with Crippen LogP contribution in [0.5, 0.6) is 0 Å². The van der Waals surface area contributed by atoms with E-state index >= 15 is 0 Å². The Morgan fingerprint density at radius 2 is 1.88 bits per heavy atom. The van der Waals surface area contributed by atoms with Crippen molar-refractivity contribution >= 4 is 23.5 Å². The highest BCUT2D eigenvalue weighted by molar-refractivity contribution is 6.11. The summed E-state index contributed by atoms with van der Waals surface area (Å²) in [5, 5.41) is 0. The van der Waals surface area contributed by atoms with Crippen LogP contribution >= 0.6 is 0 Å². The highest BCUT2D eigenvalue weighted by atomic mass is 19.1. The number of carbonyl (C=O) groups excluding carboxylic acids is 3. The van der Waals surface area contributed by atoms with Crippen molar-refractivity contribution in [2.24, 2.45) is 0 Å². The first-order valence-electron chi connectivity index (χ1n) is 8.25. The van der Waals surface area contributed by atoms with E-state index in [1.807, 2.05) is 0 Å². The Kier molecular flexibility index (Phi) is 3.72. The second-order valence-corrected chi connectivity index (χ2v) is 6.50. The van der Waals surface area contributed by atoms with E-state index in [1.54, 1.807) is 19.2 Å². The molecule has 0 radical (unpaired) electrons. The molecule has 1 aromatic rings. The summed E-state index contributed by atoms with van der Waals surface area (Å²) in [5.41, 5.74) is 0.175. The molecule has 0 N–H and O–H groups in total. The van der Waals surface area contributed by atoms with Gasteiger partial charge in [-0.3, -0.25) is 9.59 Å². The van der Waals surface area contributed by atoms with Crippen molar-refractivity contribution in [3.05, 3.63) is 30.1 Å². The molecule has 0 bridgehead atoms. The number of nitrogens with zero attached hydrogens (tertiary/aromatic N) is 3. The maximum atomic E-state index is 14.0. The Morgan fingerprint density at radius 1 is 1.12 bits per heavy atom. The van der Waals surface area contributed by atoms with Crippen LogP contribution in [0.25, 0.3) is 0 Å². The van der Waals surface area contributed by atoms with Crippen LogP contribution in [0.3, 0.4) is 0 Å². The van der Waals surface area contributed by atoms with E-state index < -0.39 is 29.8 Å². The average Bonchev–Trinajstić information content (AvgIpc) is 3.25. The molecule has 4 rings (SSSR count). The number of anilines is 1. The Bertz CT molecular complexity index is 731. The van der Waals surface area contributed by atoms with Gasteiger partial charge in [-0.05, 0) is 18.6 Å². The van der Waals surface area contributed by atoms with Crippen LogP contribution in [0.1, 0.15) is 12.8 Å². The summed E-state index contributed by atoms with van der Waals surface area (Å²) < 4.78 is 19.2. The minimum atomic E-state index is -0.869. The Balaban J connectivity index is 1.56. The minimum Gasteiger partial charge on any atom is -0.380 e. The van der Waals surface area contributed by atoms with Gasteiger partial charge in [0.1, 0.15) is 17.9 Å². The number of urea groups is 1. The van der Waals surface area contributed by atoms with Gasteiger partial charge in [-0.2, -0.15) is 0 Å². The number of carbonyl (C=O) groups is 3. The predicted octanol–water partition coefficient (Wildman–Crippen LogP) is 0.982. The van der Waals surface area contributed by atoms with E-state index in [2.05, 4.69) is 0 Å². The van der Waals surface area contributed by atoms with Crippen molar-refractivity contribution in [2.45, 2.75) is 31.0 Å². The molecule has 3 aliphatic rings. The summed E-state index contributed by atoms with van der Waals surface area (Å²) in [6.07, 6.45) is 0.586. The number of fused-ring (bicyclic) bond motifs is 1. The van der Waals surface area contributed by atoms with Gasteiger partial charge >= 0.3 is 6.03 Å². The molecule has 25 heavy (non-hydrogen) atoms. The fraction of sp³-hybridized carbons (Fsp3) is 0.471. The number of rotatable bonds is 3. The fourth-order valence-electron chi connectivity index (χ4n) is 3.91. The molecule has 0 unspecified atom stereocenters. The first-order chi connectivity index (χ1) is 12.0. The number of ether oxygens (including phenoxy) is 1. The minimum absolute atomic E-state index is 0.158. The van der Waals surface area contributed by atoms with Crippen LogP contribution in [-0.4, -0.2) is 66.0 Å². The summed E-state index contributed by atoms with van der Waals surface area (Å²) in [7, 11) is 1.55. The van der Waals surface area contributed by atoms with Crippen molar-refractivity contribution < 1.29 is 23.5 Å². The maximum absolute atomic E-state index is 14.0. The number of amides is 4. The third-order valence-electron chi connectivity index (χ3n) is 5.20. The Hall–Kier alpha value is -2.48. The largest absolute Gasteiger partial charge is 0.380 e. The molecule has 7 nitrogen and oxygen atoms in total. The molecule has 3 fully saturated rings. The number of hydrogen-bond acceptors (Lipinski definition) is 4. The van der Waals surface area contributed by atoms with Crippen LogP contribution in [0.2, 0.25) is 0 Å². The molecular weight excluding hydrogens is 329 g/mol. The van der Waals surface area contributed by atoms with E-state index in [9.17, 15) is 18.8 Å². The van der Waals surface area contributed by atoms with E-state index in [-0.39, 0.29) is 24.2 Å². The number of hydrogen-bond donors (Lipinski definition) is 0. The zero-order valence-electron chi connectivity index (χ0n) is 13.7. The molecule has 0 spiro atoms. The number of methoxy groups -OCH3 is 1. The smallest absolute Gasteiger partial charge is 0.328 e. The van der Waals surface area contributed by atoms with Gasteiger partial charge in [0.25, 0.3) is 11.8 Å². The monoisotopic (exact) mass is 347 g/mol. The lowest BCUT2D eigenvalue weighted by Gasteiger charge is -2.23. The summed E-state index contributed by atoms with van der Waals surface area (Å²) in [4.78, 5) is 41.9. The van der Waals surface area contributed by atoms with Crippen LogP contribution in [0.15, 0.2) is 24.3 Å². The first-order valence-corrected chi connectivity index (χ1v) is 8.25. The topological polar surface area (TPSA) is 70.2 Å². The van der Waals surface area contributed by atoms with Gasteiger partial charge in [0, 0.05) is 26.6 Å². The average molecular weight is 347 g/mol. The number of imide groups is 1. The van der Waals surface area contributed by atoms with Crippen molar-refractivity contribution in [2.75, 3.05) is 25.1 Å². The van der Waals surface area contributed by atoms with Crippen LogP contribution in [0, 0.1) is 5.82 Å². The van der Waals surface area contributed by atoms with Gasteiger partial charge in [0.05, 0.1) is 11.8 Å². The molecule has 3 heterocycles. The van der Waals surface area contributed by atoms with Crippen LogP contribution < -0.4 is 4.90 Å². The Labute approximate surface area is 143 Å². The lowest BCUT2D eigenvalue weighted by atomic mass is 10.1. The predicted molar refractivity (Wildman–Crippen MR) is 85.3 cm³/mol. The lowest BCUT2D eigenvalue weighted by Crippen LogP contribution is -2.47. The highest BCUT2D eigenvalue weighted by Crippen LogP contribution is 2.34. The molecule has 3 aliphatic heterocycles. The molecule has 0 saturated carbocycles. The lowest BCUT2D eigenvalue weighted by molar-refractivity contribution is -0.134. The summed E-state index contributed by atoms with van der Waals surface area (Å²) in [6, 6.07) is 4.10. The highest BCUT2D eigenvalue weighted by Gasteiger charge is 2.55. The SMILES string of the molecule is CO[C@@H]1C[C@@H]2C(=O)N([C@@H]3CCN(c4ccccc4F)C3=O)C(=O)N2C1. The van der Waals surface area contributed by atoms with E-state index in [4.69, 9.17) is 4.74 Å². The molecule has 0 aliphatic carbocycles. The summed E-state index contributed by atoms with van der Waals surface area (Å²) >= 11 is 0. The van der Waals surface area contributed by atoms with Gasteiger partial charge in [-0.15, -0.1) is 0 Å². The Morgan fingerprint density at radius 3 is 2.56 bits per heavy atom. The van der Waals surface area contributed by atoms with Crippen molar-refractivity contribution in [3.8, 4) is 0 Å². The van der Waals surface area contributed by atoms with Gasteiger partial charge in [-0.25, -0.2) is 14.1 Å². The summed E-state index contributed by atoms with van der Waals surface area (Å²) in [5.74, 6) is -1.28. The van der Waals surface area contributed by atoms with Crippen molar-refractivity contribution in [1.82, 2.24) is 9.80 Å². The van der Waals surface area contributed by atoms with E-state index in [1.165, 1.54) is 21.9 Å². The van der Waals surface area contributed by atoms with Crippen molar-refractivity contribution in [1.29, 1.82) is 0 Å². The first kappa shape index (κ1) is 16.0. The standard InChI is InChI=1S/C17H18FN3O4/c1-25-10-8-14-16(23)21(17(24)20(14)9-10)13-6-7-19(15(13)22)12-5-3-2-4-11(12)18/h2-5,10,13-14H,6-9H2,1H3/t10-,13-,14-/m1/s1. The molecule has 3 saturated heterocycles. The zero-order chi connectivity index (χ0) is 17.7. The second kappa shape index (κ2) is 5.80. The molecule has 132 valence electrons. The molecular formula is C17H18FN3O4. The number of benzene rings is 1. The maximum Gasteiger partial charge on any atom is 0.328 e. The zero-order valence-corrected chi connectivity index (χ0v) is 13.7. The molecule has 0 aromatic heterocycles. The fourth-order valence-corrected chi connectivity index (χ4v) is 3.91. The third-order valence-corrected chi connectivity index (χ3v) is 5.20. The molecule has 4 amide bonds. The molecule has 3 atom stereocenters. The summed E-state index contributed by atoms with van der Waals surface area (Å²) in [6.45, 7) is 0.618. The number of halogens is 1. The van der Waals surface area contributed by atoms with Gasteiger partial charge in [-0.1, -0.05) is 12.1 Å². The normalized spacial score (nSPS) is 29.1. The molecule has 1 aromatic carbocycles. The molecule has 8 heteroatoms. The third kappa shape index (κ3) is 2.31. The van der Waals surface area contributed by atoms with E-state index in [0.717, 1.165) is 4.90 Å². The van der Waals surface area contributed by atoms with E-state index in [0.29, 0.717) is 19.4 Å². The van der Waals surface area contributed by atoms with Crippen LogP contribution in [0.4, 0.5) is 14.9 Å². The second-order valence-electron chi connectivity index (χ2n) is 6.50. The van der Waals surface area contributed by atoms with Crippen molar-refractivity contribution in [3.63, 3.8) is 0 Å².